The fourth-order valence-electron chi connectivity index (χ4n) is 2.38. The zero-order valence-corrected chi connectivity index (χ0v) is 15.1. The summed E-state index contributed by atoms with van der Waals surface area (Å²) in [5, 5.41) is 3.14. The number of rotatable bonds is 4. The number of hydrogen-bond acceptors (Lipinski definition) is 3. The van der Waals surface area contributed by atoms with Gasteiger partial charge in [0.2, 0.25) is 0 Å². The third-order valence-corrected chi connectivity index (χ3v) is 4.76. The standard InChI is InChI=1S/C17H14BrClN2O3/c1-2-7-21-16(22)14(20-17(21)23)9-11-4-6-15(24-11)10-3-5-12(18)13(19)8-10/h3-6,8-9H,2,7H2,1H3,(H,20,23)/b14-9+. The van der Waals surface area contributed by atoms with Gasteiger partial charge in [-0.25, -0.2) is 4.79 Å². The van der Waals surface area contributed by atoms with E-state index in [-0.39, 0.29) is 11.6 Å². The largest absolute Gasteiger partial charge is 0.457 e. The lowest BCUT2D eigenvalue weighted by Crippen LogP contribution is -2.31. The van der Waals surface area contributed by atoms with Crippen LogP contribution in [0.15, 0.2) is 44.9 Å². The molecule has 1 saturated heterocycles. The van der Waals surface area contributed by atoms with Gasteiger partial charge < -0.3 is 9.73 Å². The summed E-state index contributed by atoms with van der Waals surface area (Å²) in [5.74, 6) is 0.760. The van der Waals surface area contributed by atoms with E-state index >= 15 is 0 Å². The van der Waals surface area contributed by atoms with Crippen LogP contribution in [-0.4, -0.2) is 23.4 Å². The van der Waals surface area contributed by atoms with Gasteiger partial charge in [0.15, 0.2) is 0 Å². The Bertz CT molecular complexity index is 844. The van der Waals surface area contributed by atoms with Crippen molar-refractivity contribution in [3.8, 4) is 11.3 Å². The third-order valence-electron chi connectivity index (χ3n) is 3.53. The van der Waals surface area contributed by atoms with Crippen LogP contribution in [-0.2, 0) is 4.79 Å². The van der Waals surface area contributed by atoms with Gasteiger partial charge in [0, 0.05) is 22.7 Å². The average Bonchev–Trinajstić information content (AvgIpc) is 3.11. The van der Waals surface area contributed by atoms with Crippen molar-refractivity contribution >= 4 is 45.5 Å². The first-order valence-corrected chi connectivity index (χ1v) is 8.56. The molecule has 1 aliphatic rings. The zero-order valence-electron chi connectivity index (χ0n) is 12.8. The Balaban J connectivity index is 1.85. The molecule has 5 nitrogen and oxygen atoms in total. The predicted octanol–water partition coefficient (Wildman–Crippen LogP) is 4.67. The van der Waals surface area contributed by atoms with Crippen LogP contribution >= 0.6 is 27.5 Å². The molecule has 0 spiro atoms. The van der Waals surface area contributed by atoms with Crippen molar-refractivity contribution in [2.75, 3.05) is 6.54 Å². The second-order valence-electron chi connectivity index (χ2n) is 5.28. The number of nitrogens with zero attached hydrogens (tertiary/aromatic N) is 1. The van der Waals surface area contributed by atoms with Crippen LogP contribution in [0.25, 0.3) is 17.4 Å². The Hall–Kier alpha value is -2.05. The minimum atomic E-state index is -0.403. The number of hydrogen-bond donors (Lipinski definition) is 1. The van der Waals surface area contributed by atoms with E-state index in [0.29, 0.717) is 29.5 Å². The highest BCUT2D eigenvalue weighted by Gasteiger charge is 2.32. The zero-order chi connectivity index (χ0) is 17.3. The number of amides is 3. The van der Waals surface area contributed by atoms with Crippen molar-refractivity contribution in [2.45, 2.75) is 13.3 Å². The molecule has 0 bridgehead atoms. The maximum absolute atomic E-state index is 12.2. The van der Waals surface area contributed by atoms with Gasteiger partial charge in [0.05, 0.1) is 5.02 Å². The summed E-state index contributed by atoms with van der Waals surface area (Å²) >= 11 is 9.43. The highest BCUT2D eigenvalue weighted by atomic mass is 79.9. The van der Waals surface area contributed by atoms with E-state index in [4.69, 9.17) is 16.0 Å². The van der Waals surface area contributed by atoms with Gasteiger partial charge in [-0.05, 0) is 46.6 Å². The minimum absolute atomic E-state index is 0.211. The van der Waals surface area contributed by atoms with Gasteiger partial charge in [-0.1, -0.05) is 24.6 Å². The molecule has 0 aliphatic carbocycles. The molecule has 1 aromatic heterocycles. The molecular formula is C17H14BrClN2O3. The Morgan fingerprint density at radius 1 is 1.29 bits per heavy atom. The second kappa shape index (κ2) is 6.83. The molecule has 0 atom stereocenters. The smallest absolute Gasteiger partial charge is 0.329 e. The van der Waals surface area contributed by atoms with Gasteiger partial charge in [-0.2, -0.15) is 0 Å². The number of halogens is 2. The van der Waals surface area contributed by atoms with Crippen LogP contribution < -0.4 is 5.32 Å². The van der Waals surface area contributed by atoms with Gasteiger partial charge in [-0.3, -0.25) is 9.69 Å². The van der Waals surface area contributed by atoms with Crippen LogP contribution in [0.5, 0.6) is 0 Å². The maximum Gasteiger partial charge on any atom is 0.329 e. The summed E-state index contributed by atoms with van der Waals surface area (Å²) in [5.41, 5.74) is 1.03. The first-order chi connectivity index (χ1) is 11.5. The van der Waals surface area contributed by atoms with E-state index in [0.717, 1.165) is 10.0 Å². The number of urea groups is 1. The molecule has 0 unspecified atom stereocenters. The Kier molecular flexibility index (Phi) is 4.78. The molecule has 1 N–H and O–H groups in total. The molecule has 3 rings (SSSR count). The lowest BCUT2D eigenvalue weighted by molar-refractivity contribution is -0.122. The number of carbonyl (C=O) groups is 2. The molecule has 124 valence electrons. The number of benzene rings is 1. The van der Waals surface area contributed by atoms with Gasteiger partial charge >= 0.3 is 6.03 Å². The van der Waals surface area contributed by atoms with E-state index in [9.17, 15) is 9.59 Å². The van der Waals surface area contributed by atoms with Gasteiger partial charge in [0.1, 0.15) is 17.2 Å². The molecule has 0 radical (unpaired) electrons. The fraction of sp³-hybridized carbons (Fsp3) is 0.176. The van der Waals surface area contributed by atoms with Crippen molar-refractivity contribution in [2.24, 2.45) is 0 Å². The average molecular weight is 410 g/mol. The number of furan rings is 1. The Morgan fingerprint density at radius 2 is 2.08 bits per heavy atom. The van der Waals surface area contributed by atoms with Crippen LogP contribution in [0.3, 0.4) is 0 Å². The normalized spacial score (nSPS) is 16.1. The summed E-state index contributed by atoms with van der Waals surface area (Å²) in [4.78, 5) is 25.1. The topological polar surface area (TPSA) is 62.6 Å². The summed E-state index contributed by atoms with van der Waals surface area (Å²) < 4.78 is 6.54. The summed E-state index contributed by atoms with van der Waals surface area (Å²) in [7, 11) is 0. The molecule has 1 fully saturated rings. The highest BCUT2D eigenvalue weighted by Crippen LogP contribution is 2.30. The molecule has 2 heterocycles. The molecule has 1 aromatic carbocycles. The van der Waals surface area contributed by atoms with E-state index in [1.807, 2.05) is 19.1 Å². The van der Waals surface area contributed by atoms with Crippen LogP contribution in [0.1, 0.15) is 19.1 Å². The van der Waals surface area contributed by atoms with Crippen LogP contribution in [0.4, 0.5) is 4.79 Å². The van der Waals surface area contributed by atoms with Crippen molar-refractivity contribution < 1.29 is 14.0 Å². The number of imide groups is 1. The summed E-state index contributed by atoms with van der Waals surface area (Å²) in [6.45, 7) is 2.30. The van der Waals surface area contributed by atoms with Crippen molar-refractivity contribution in [1.29, 1.82) is 0 Å². The third kappa shape index (κ3) is 3.25. The molecule has 24 heavy (non-hydrogen) atoms. The van der Waals surface area contributed by atoms with E-state index in [1.54, 1.807) is 18.2 Å². The molecule has 7 heteroatoms. The first kappa shape index (κ1) is 16.8. The lowest BCUT2D eigenvalue weighted by Gasteiger charge is -2.08. The SMILES string of the molecule is CCCN1C(=O)N/C(=C/c2ccc(-c3ccc(Br)c(Cl)c3)o2)C1=O. The van der Waals surface area contributed by atoms with E-state index in [2.05, 4.69) is 21.2 Å². The number of carbonyl (C=O) groups excluding carboxylic acids is 2. The summed E-state index contributed by atoms with van der Waals surface area (Å²) in [6, 6.07) is 8.61. The molecule has 1 aliphatic heterocycles. The lowest BCUT2D eigenvalue weighted by atomic mass is 10.2. The maximum atomic E-state index is 12.2. The number of nitrogens with one attached hydrogen (secondary N) is 1. The van der Waals surface area contributed by atoms with E-state index < -0.39 is 6.03 Å². The Morgan fingerprint density at radius 3 is 2.79 bits per heavy atom. The quantitative estimate of drug-likeness (QED) is 0.590. The molecule has 2 aromatic rings. The fourth-order valence-corrected chi connectivity index (χ4v) is 2.80. The predicted molar refractivity (Wildman–Crippen MR) is 95.4 cm³/mol. The van der Waals surface area contributed by atoms with Crippen molar-refractivity contribution in [3.63, 3.8) is 0 Å². The Labute approximate surface area is 152 Å². The first-order valence-electron chi connectivity index (χ1n) is 7.39. The summed E-state index contributed by atoms with van der Waals surface area (Å²) in [6.07, 6.45) is 2.24. The van der Waals surface area contributed by atoms with Gasteiger partial charge in [0.25, 0.3) is 5.91 Å². The minimum Gasteiger partial charge on any atom is -0.457 e. The monoisotopic (exact) mass is 408 g/mol. The molecular weight excluding hydrogens is 396 g/mol. The van der Waals surface area contributed by atoms with Crippen LogP contribution in [0, 0.1) is 0 Å². The van der Waals surface area contributed by atoms with E-state index in [1.165, 1.54) is 11.0 Å². The highest BCUT2D eigenvalue weighted by molar-refractivity contribution is 9.10. The van der Waals surface area contributed by atoms with Crippen molar-refractivity contribution in [1.82, 2.24) is 10.2 Å². The van der Waals surface area contributed by atoms with Crippen molar-refractivity contribution in [3.05, 3.63) is 51.3 Å². The molecule has 3 amide bonds. The van der Waals surface area contributed by atoms with Crippen LogP contribution in [0.2, 0.25) is 5.02 Å². The molecule has 0 saturated carbocycles. The van der Waals surface area contributed by atoms with Gasteiger partial charge in [-0.15, -0.1) is 0 Å². The second-order valence-corrected chi connectivity index (χ2v) is 6.54.